The quantitative estimate of drug-likeness (QED) is 0.358. The number of morpholine rings is 1. The summed E-state index contributed by atoms with van der Waals surface area (Å²) in [5, 5.41) is 5.73. The van der Waals surface area contributed by atoms with Gasteiger partial charge in [0.05, 0.1) is 19.1 Å². The molecule has 0 aromatic heterocycles. The van der Waals surface area contributed by atoms with E-state index in [9.17, 15) is 13.2 Å². The van der Waals surface area contributed by atoms with E-state index in [1.165, 1.54) is 5.56 Å². The summed E-state index contributed by atoms with van der Waals surface area (Å²) in [4.78, 5) is 6.31. The first-order chi connectivity index (χ1) is 12.4. The Morgan fingerprint density at radius 1 is 1.30 bits per heavy atom. The van der Waals surface area contributed by atoms with E-state index in [2.05, 4.69) is 39.6 Å². The highest BCUT2D eigenvalue weighted by Crippen LogP contribution is 2.18. The minimum Gasteiger partial charge on any atom is -0.376 e. The van der Waals surface area contributed by atoms with Crippen molar-refractivity contribution in [2.75, 3.05) is 33.3 Å². The van der Waals surface area contributed by atoms with Crippen molar-refractivity contribution in [2.24, 2.45) is 4.99 Å². The van der Waals surface area contributed by atoms with Crippen molar-refractivity contribution in [2.45, 2.75) is 38.7 Å². The van der Waals surface area contributed by atoms with Crippen molar-refractivity contribution in [3.63, 3.8) is 0 Å². The molecule has 9 heteroatoms. The van der Waals surface area contributed by atoms with Crippen molar-refractivity contribution in [3.8, 4) is 0 Å². The Morgan fingerprint density at radius 2 is 2.04 bits per heavy atom. The van der Waals surface area contributed by atoms with E-state index < -0.39 is 12.6 Å². The fourth-order valence-corrected chi connectivity index (χ4v) is 2.86. The van der Waals surface area contributed by atoms with E-state index in [4.69, 9.17) is 4.74 Å². The molecule has 1 atom stereocenters. The Morgan fingerprint density at radius 3 is 2.70 bits per heavy atom. The Balaban J connectivity index is 0.00000364. The molecule has 1 aliphatic heterocycles. The van der Waals surface area contributed by atoms with Gasteiger partial charge in [0.2, 0.25) is 0 Å². The molecule has 27 heavy (non-hydrogen) atoms. The number of hydrogen-bond acceptors (Lipinski definition) is 3. The van der Waals surface area contributed by atoms with Crippen LogP contribution in [0.15, 0.2) is 29.3 Å². The van der Waals surface area contributed by atoms with Crippen LogP contribution < -0.4 is 10.6 Å². The number of alkyl halides is 3. The van der Waals surface area contributed by atoms with Gasteiger partial charge in [-0.05, 0) is 18.1 Å². The molecule has 1 aliphatic rings. The maximum atomic E-state index is 12.2. The summed E-state index contributed by atoms with van der Waals surface area (Å²) in [6.07, 6.45) is -4.81. The number of halogens is 4. The third-order valence-electron chi connectivity index (χ3n) is 4.11. The minimum atomic E-state index is -4.17. The molecule has 1 heterocycles. The van der Waals surface area contributed by atoms with Crippen molar-refractivity contribution >= 4 is 29.9 Å². The molecule has 2 rings (SSSR count). The van der Waals surface area contributed by atoms with Crippen LogP contribution in [-0.2, 0) is 17.8 Å². The molecular formula is C18H28F3IN4O. The third kappa shape index (κ3) is 9.61. The fraction of sp³-hybridized carbons (Fsp3) is 0.611. The van der Waals surface area contributed by atoms with Crippen LogP contribution in [0.2, 0.25) is 0 Å². The molecule has 2 N–H and O–H groups in total. The maximum Gasteiger partial charge on any atom is 0.390 e. The van der Waals surface area contributed by atoms with Gasteiger partial charge in [-0.3, -0.25) is 9.89 Å². The number of aliphatic imine (C=N–C) groups is 1. The second kappa shape index (κ2) is 11.7. The molecule has 0 amide bonds. The molecule has 1 fully saturated rings. The molecule has 0 spiro atoms. The van der Waals surface area contributed by atoms with Crippen LogP contribution in [0.5, 0.6) is 0 Å². The number of ether oxygens (including phenoxy) is 1. The molecule has 1 unspecified atom stereocenters. The van der Waals surface area contributed by atoms with E-state index in [-0.39, 0.29) is 36.6 Å². The van der Waals surface area contributed by atoms with Gasteiger partial charge in [0, 0.05) is 39.8 Å². The Hall–Kier alpha value is -1.07. The summed E-state index contributed by atoms with van der Waals surface area (Å²) in [5.74, 6) is 0.363. The van der Waals surface area contributed by atoms with Crippen molar-refractivity contribution < 1.29 is 17.9 Å². The number of hydrogen-bond donors (Lipinski definition) is 2. The lowest BCUT2D eigenvalue weighted by Crippen LogP contribution is -2.40. The van der Waals surface area contributed by atoms with Gasteiger partial charge in [0.1, 0.15) is 0 Å². The van der Waals surface area contributed by atoms with Gasteiger partial charge in [0.25, 0.3) is 0 Å². The summed E-state index contributed by atoms with van der Waals surface area (Å²) >= 11 is 0. The highest BCUT2D eigenvalue weighted by Gasteiger charge is 2.26. The molecule has 5 nitrogen and oxygen atoms in total. The molecule has 154 valence electrons. The van der Waals surface area contributed by atoms with Crippen LogP contribution in [0.1, 0.15) is 24.5 Å². The normalized spacial score (nSPS) is 18.7. The lowest BCUT2D eigenvalue weighted by atomic mass is 10.1. The summed E-state index contributed by atoms with van der Waals surface area (Å²) < 4.78 is 42.2. The molecule has 0 aliphatic carbocycles. The third-order valence-corrected chi connectivity index (χ3v) is 4.11. The summed E-state index contributed by atoms with van der Waals surface area (Å²) in [7, 11) is 1.54. The molecule has 0 saturated carbocycles. The summed E-state index contributed by atoms with van der Waals surface area (Å²) in [6, 6.07) is 8.17. The Labute approximate surface area is 175 Å². The average molecular weight is 500 g/mol. The zero-order valence-corrected chi connectivity index (χ0v) is 18.0. The molecule has 0 bridgehead atoms. The zero-order chi connectivity index (χ0) is 19.0. The van der Waals surface area contributed by atoms with Crippen LogP contribution >= 0.6 is 24.0 Å². The molecule has 1 saturated heterocycles. The Kier molecular flexibility index (Phi) is 10.4. The lowest BCUT2D eigenvalue weighted by Gasteiger charge is -2.31. The van der Waals surface area contributed by atoms with Crippen molar-refractivity contribution in [3.05, 3.63) is 35.4 Å². The van der Waals surface area contributed by atoms with Crippen molar-refractivity contribution in [1.82, 2.24) is 15.5 Å². The van der Waals surface area contributed by atoms with Gasteiger partial charge in [-0.25, -0.2) is 0 Å². The second-order valence-electron chi connectivity index (χ2n) is 6.45. The number of guanidine groups is 1. The van der Waals surface area contributed by atoms with Crippen LogP contribution in [-0.4, -0.2) is 56.4 Å². The topological polar surface area (TPSA) is 48.9 Å². The average Bonchev–Trinajstić information content (AvgIpc) is 2.57. The first-order valence-corrected chi connectivity index (χ1v) is 8.79. The second-order valence-corrected chi connectivity index (χ2v) is 6.45. The summed E-state index contributed by atoms with van der Waals surface area (Å²) in [6.45, 7) is 5.82. The van der Waals surface area contributed by atoms with Gasteiger partial charge in [-0.1, -0.05) is 24.3 Å². The standard InChI is InChI=1S/C18H27F3N4O.HI/c1-14-12-25(8-9-26-14)13-16-5-3-4-15(10-16)11-24-17(22-2)23-7-6-18(19,20)21;/h3-5,10,14H,6-9,11-13H2,1-2H3,(H2,22,23,24);1H. The van der Waals surface area contributed by atoms with Gasteiger partial charge < -0.3 is 15.4 Å². The van der Waals surface area contributed by atoms with Gasteiger partial charge in [0.15, 0.2) is 5.96 Å². The van der Waals surface area contributed by atoms with E-state index in [0.29, 0.717) is 12.5 Å². The van der Waals surface area contributed by atoms with Crippen LogP contribution in [0.3, 0.4) is 0 Å². The van der Waals surface area contributed by atoms with E-state index >= 15 is 0 Å². The molecule has 0 radical (unpaired) electrons. The van der Waals surface area contributed by atoms with Crippen LogP contribution in [0, 0.1) is 0 Å². The Bertz CT molecular complexity index is 598. The SMILES string of the molecule is CN=C(NCCC(F)(F)F)NCc1cccc(CN2CCOC(C)C2)c1.I. The summed E-state index contributed by atoms with van der Waals surface area (Å²) in [5.41, 5.74) is 2.26. The van der Waals surface area contributed by atoms with E-state index in [0.717, 1.165) is 31.8 Å². The fourth-order valence-electron chi connectivity index (χ4n) is 2.86. The van der Waals surface area contributed by atoms with E-state index in [1.54, 1.807) is 7.05 Å². The van der Waals surface area contributed by atoms with Crippen LogP contribution in [0.25, 0.3) is 0 Å². The molecule has 1 aromatic rings. The van der Waals surface area contributed by atoms with Crippen molar-refractivity contribution in [1.29, 1.82) is 0 Å². The number of nitrogens with zero attached hydrogens (tertiary/aromatic N) is 2. The number of nitrogens with one attached hydrogen (secondary N) is 2. The monoisotopic (exact) mass is 500 g/mol. The largest absolute Gasteiger partial charge is 0.390 e. The molecular weight excluding hydrogens is 472 g/mol. The first kappa shape index (κ1) is 24.0. The molecule has 1 aromatic carbocycles. The smallest absolute Gasteiger partial charge is 0.376 e. The highest BCUT2D eigenvalue weighted by atomic mass is 127. The van der Waals surface area contributed by atoms with Crippen LogP contribution in [0.4, 0.5) is 13.2 Å². The van der Waals surface area contributed by atoms with E-state index in [1.807, 2.05) is 12.1 Å². The number of rotatable bonds is 6. The minimum absolute atomic E-state index is 0. The highest BCUT2D eigenvalue weighted by molar-refractivity contribution is 14.0. The lowest BCUT2D eigenvalue weighted by molar-refractivity contribution is -0.132. The first-order valence-electron chi connectivity index (χ1n) is 8.79. The maximum absolute atomic E-state index is 12.2. The van der Waals surface area contributed by atoms with Gasteiger partial charge in [-0.2, -0.15) is 13.2 Å². The van der Waals surface area contributed by atoms with Gasteiger partial charge in [-0.15, -0.1) is 24.0 Å². The predicted molar refractivity (Wildman–Crippen MR) is 111 cm³/mol. The number of benzene rings is 1. The zero-order valence-electron chi connectivity index (χ0n) is 15.7. The van der Waals surface area contributed by atoms with Gasteiger partial charge >= 0.3 is 6.18 Å². The predicted octanol–water partition coefficient (Wildman–Crippen LogP) is 3.14.